The fourth-order valence-corrected chi connectivity index (χ4v) is 1.92. The van der Waals surface area contributed by atoms with E-state index in [1.54, 1.807) is 11.8 Å². The first-order valence-corrected chi connectivity index (χ1v) is 5.47. The third kappa shape index (κ3) is 1.79. The molecule has 0 aliphatic heterocycles. The van der Waals surface area contributed by atoms with Crippen molar-refractivity contribution >= 4 is 21.6 Å². The van der Waals surface area contributed by atoms with Gasteiger partial charge in [-0.05, 0) is 28.8 Å². The molecule has 0 aromatic carbocycles. The fourth-order valence-electron chi connectivity index (χ4n) is 1.62. The Morgan fingerprint density at radius 2 is 2.36 bits per heavy atom. The highest BCUT2D eigenvalue weighted by atomic mass is 79.9. The molecule has 1 aliphatic rings. The van der Waals surface area contributed by atoms with E-state index in [0.29, 0.717) is 12.1 Å². The molecule has 1 aromatic heterocycles. The summed E-state index contributed by atoms with van der Waals surface area (Å²) in [6.07, 6.45) is 4.43. The van der Waals surface area contributed by atoms with E-state index < -0.39 is 0 Å². The summed E-state index contributed by atoms with van der Waals surface area (Å²) in [6, 6.07) is 0.528. The van der Waals surface area contributed by atoms with Crippen LogP contribution >= 0.6 is 15.9 Å². The number of rotatable bonds is 3. The van der Waals surface area contributed by atoms with Crippen molar-refractivity contribution in [1.82, 2.24) is 9.78 Å². The average Bonchev–Trinajstić information content (AvgIpc) is 2.41. The molecular weight excluding hydrogens is 246 g/mol. The predicted octanol–water partition coefficient (Wildman–Crippen LogP) is 1.77. The van der Waals surface area contributed by atoms with Crippen LogP contribution in [0.4, 0.5) is 5.69 Å². The van der Waals surface area contributed by atoms with Gasteiger partial charge in [-0.15, -0.1) is 0 Å². The minimum absolute atomic E-state index is 0.433. The molecule has 14 heavy (non-hydrogen) atoms. The normalized spacial score (nSPS) is 25.9. The SMILES string of the molecule is COC1CC(Nc2cnn(C)c2Br)C1. The summed E-state index contributed by atoms with van der Waals surface area (Å²) < 4.78 is 8.02. The molecule has 0 atom stereocenters. The molecule has 1 fully saturated rings. The lowest BCUT2D eigenvalue weighted by molar-refractivity contribution is 0.0328. The number of hydrogen-bond donors (Lipinski definition) is 1. The van der Waals surface area contributed by atoms with E-state index in [4.69, 9.17) is 4.74 Å². The molecule has 0 amide bonds. The molecule has 1 saturated carbocycles. The van der Waals surface area contributed by atoms with Gasteiger partial charge in [0.2, 0.25) is 0 Å². The monoisotopic (exact) mass is 259 g/mol. The maximum absolute atomic E-state index is 5.22. The lowest BCUT2D eigenvalue weighted by Gasteiger charge is -2.35. The van der Waals surface area contributed by atoms with Crippen LogP contribution < -0.4 is 5.32 Å². The van der Waals surface area contributed by atoms with Crippen molar-refractivity contribution < 1.29 is 4.74 Å². The van der Waals surface area contributed by atoms with Gasteiger partial charge in [-0.25, -0.2) is 0 Å². The Balaban J connectivity index is 1.90. The summed E-state index contributed by atoms with van der Waals surface area (Å²) in [5.41, 5.74) is 1.06. The smallest absolute Gasteiger partial charge is 0.126 e. The third-order valence-electron chi connectivity index (χ3n) is 2.65. The Kier molecular flexibility index (Phi) is 2.78. The van der Waals surface area contributed by atoms with Crippen LogP contribution in [0.1, 0.15) is 12.8 Å². The highest BCUT2D eigenvalue weighted by Gasteiger charge is 2.29. The zero-order valence-corrected chi connectivity index (χ0v) is 9.91. The molecule has 78 valence electrons. The van der Waals surface area contributed by atoms with Crippen LogP contribution in [-0.2, 0) is 11.8 Å². The van der Waals surface area contributed by atoms with Gasteiger partial charge in [0.25, 0.3) is 0 Å². The molecule has 2 rings (SSSR count). The van der Waals surface area contributed by atoms with Gasteiger partial charge in [0.05, 0.1) is 18.0 Å². The van der Waals surface area contributed by atoms with Gasteiger partial charge in [0.15, 0.2) is 0 Å². The lowest BCUT2D eigenvalue weighted by atomic mass is 9.89. The number of nitrogens with zero attached hydrogens (tertiary/aromatic N) is 2. The molecule has 5 heteroatoms. The summed E-state index contributed by atoms with van der Waals surface area (Å²) in [5, 5.41) is 7.56. The number of halogens is 1. The van der Waals surface area contributed by atoms with E-state index in [1.807, 2.05) is 13.2 Å². The van der Waals surface area contributed by atoms with Crippen LogP contribution in [0.15, 0.2) is 10.8 Å². The van der Waals surface area contributed by atoms with Crippen LogP contribution in [0.25, 0.3) is 0 Å². The third-order valence-corrected chi connectivity index (χ3v) is 3.59. The standard InChI is InChI=1S/C9H14BrN3O/c1-13-9(10)8(5-11-13)12-6-3-7(4-6)14-2/h5-7,12H,3-4H2,1-2H3. The topological polar surface area (TPSA) is 39.1 Å². The molecule has 0 saturated heterocycles. The molecule has 4 nitrogen and oxygen atoms in total. The van der Waals surface area contributed by atoms with E-state index in [2.05, 4.69) is 26.3 Å². The van der Waals surface area contributed by atoms with Gasteiger partial charge in [0, 0.05) is 20.2 Å². The minimum atomic E-state index is 0.433. The van der Waals surface area contributed by atoms with Crippen molar-refractivity contribution in [3.8, 4) is 0 Å². The second-order valence-corrected chi connectivity index (χ2v) is 4.39. The average molecular weight is 260 g/mol. The van der Waals surface area contributed by atoms with Gasteiger partial charge in [-0.2, -0.15) is 5.10 Å². The van der Waals surface area contributed by atoms with Gasteiger partial charge >= 0.3 is 0 Å². The first-order valence-electron chi connectivity index (χ1n) is 4.67. The number of ether oxygens (including phenoxy) is 1. The summed E-state index contributed by atoms with van der Waals surface area (Å²) >= 11 is 3.47. The Hall–Kier alpha value is -0.550. The second-order valence-electron chi connectivity index (χ2n) is 3.64. The molecule has 0 unspecified atom stereocenters. The van der Waals surface area contributed by atoms with E-state index in [0.717, 1.165) is 23.1 Å². The molecule has 1 aromatic rings. The Morgan fingerprint density at radius 3 is 2.86 bits per heavy atom. The van der Waals surface area contributed by atoms with Gasteiger partial charge < -0.3 is 10.1 Å². The van der Waals surface area contributed by atoms with E-state index in [1.165, 1.54) is 0 Å². The fraction of sp³-hybridized carbons (Fsp3) is 0.667. The van der Waals surface area contributed by atoms with Crippen molar-refractivity contribution in [3.63, 3.8) is 0 Å². The predicted molar refractivity (Wildman–Crippen MR) is 58.3 cm³/mol. The highest BCUT2D eigenvalue weighted by molar-refractivity contribution is 9.10. The zero-order valence-electron chi connectivity index (χ0n) is 8.33. The van der Waals surface area contributed by atoms with E-state index in [-0.39, 0.29) is 0 Å². The van der Waals surface area contributed by atoms with E-state index in [9.17, 15) is 0 Å². The number of aryl methyl sites for hydroxylation is 1. The maximum atomic E-state index is 5.22. The number of hydrogen-bond acceptors (Lipinski definition) is 3. The van der Waals surface area contributed by atoms with Crippen molar-refractivity contribution in [3.05, 3.63) is 10.8 Å². The van der Waals surface area contributed by atoms with Crippen LogP contribution in [0.2, 0.25) is 0 Å². The summed E-state index contributed by atoms with van der Waals surface area (Å²) in [7, 11) is 3.68. The Morgan fingerprint density at radius 1 is 1.64 bits per heavy atom. The summed E-state index contributed by atoms with van der Waals surface area (Å²) in [4.78, 5) is 0. The van der Waals surface area contributed by atoms with Crippen molar-refractivity contribution in [2.75, 3.05) is 12.4 Å². The minimum Gasteiger partial charge on any atom is -0.381 e. The lowest BCUT2D eigenvalue weighted by Crippen LogP contribution is -2.40. The van der Waals surface area contributed by atoms with Crippen LogP contribution in [0, 0.1) is 0 Å². The highest BCUT2D eigenvalue weighted by Crippen LogP contribution is 2.29. The number of anilines is 1. The van der Waals surface area contributed by atoms with Gasteiger partial charge in [-0.3, -0.25) is 4.68 Å². The molecular formula is C9H14BrN3O. The van der Waals surface area contributed by atoms with Crippen LogP contribution in [0.5, 0.6) is 0 Å². The molecule has 1 aliphatic carbocycles. The number of methoxy groups -OCH3 is 1. The van der Waals surface area contributed by atoms with Crippen LogP contribution in [0.3, 0.4) is 0 Å². The molecule has 0 radical (unpaired) electrons. The van der Waals surface area contributed by atoms with Crippen molar-refractivity contribution in [2.24, 2.45) is 7.05 Å². The van der Waals surface area contributed by atoms with E-state index >= 15 is 0 Å². The van der Waals surface area contributed by atoms with Crippen molar-refractivity contribution in [1.29, 1.82) is 0 Å². The summed E-state index contributed by atoms with van der Waals surface area (Å²) in [6.45, 7) is 0. The molecule has 0 spiro atoms. The largest absolute Gasteiger partial charge is 0.381 e. The van der Waals surface area contributed by atoms with Crippen LogP contribution in [-0.4, -0.2) is 29.0 Å². The van der Waals surface area contributed by atoms with Gasteiger partial charge in [0.1, 0.15) is 4.60 Å². The molecule has 0 bridgehead atoms. The maximum Gasteiger partial charge on any atom is 0.126 e. The number of nitrogens with one attached hydrogen (secondary N) is 1. The number of aromatic nitrogens is 2. The van der Waals surface area contributed by atoms with Crippen molar-refractivity contribution in [2.45, 2.75) is 25.0 Å². The Labute approximate surface area is 91.8 Å². The first kappa shape index (κ1) is 9.98. The van der Waals surface area contributed by atoms with Gasteiger partial charge in [-0.1, -0.05) is 0 Å². The quantitative estimate of drug-likeness (QED) is 0.900. The zero-order chi connectivity index (χ0) is 10.1. The first-order chi connectivity index (χ1) is 6.70. The molecule has 1 heterocycles. The Bertz CT molecular complexity index is 320. The molecule has 1 N–H and O–H groups in total. The summed E-state index contributed by atoms with van der Waals surface area (Å²) in [5.74, 6) is 0. The second kappa shape index (κ2) is 3.90.